The average molecular weight is 280 g/mol. The summed E-state index contributed by atoms with van der Waals surface area (Å²) in [6.45, 7) is 0. The van der Waals surface area contributed by atoms with Gasteiger partial charge in [0.1, 0.15) is 5.82 Å². The zero-order valence-electron chi connectivity index (χ0n) is 9.24. The maximum atomic E-state index is 12.5. The third-order valence-corrected chi connectivity index (χ3v) is 4.44. The van der Waals surface area contributed by atoms with Crippen LogP contribution in [-0.4, -0.2) is 30.9 Å². The van der Waals surface area contributed by atoms with Crippen molar-refractivity contribution in [1.29, 1.82) is 0 Å². The Bertz CT molecular complexity index is 542. The maximum Gasteiger partial charge on any atom is 0.416 e. The summed E-state index contributed by atoms with van der Waals surface area (Å²) in [4.78, 5) is 3.76. The molecule has 18 heavy (non-hydrogen) atoms. The third-order valence-electron chi connectivity index (χ3n) is 2.67. The van der Waals surface area contributed by atoms with E-state index < -0.39 is 21.6 Å². The fourth-order valence-corrected chi connectivity index (χ4v) is 3.48. The molecule has 1 aliphatic heterocycles. The van der Waals surface area contributed by atoms with Gasteiger partial charge in [-0.25, -0.2) is 13.4 Å². The molecule has 1 aliphatic rings. The van der Waals surface area contributed by atoms with Gasteiger partial charge in [0.2, 0.25) is 0 Å². The normalized spacial score (nSPS) is 22.9. The van der Waals surface area contributed by atoms with Crippen molar-refractivity contribution in [2.75, 3.05) is 16.8 Å². The molecule has 0 aromatic carbocycles. The number of nitrogens with zero attached hydrogens (tertiary/aromatic N) is 1. The van der Waals surface area contributed by atoms with Crippen LogP contribution in [0.2, 0.25) is 0 Å². The van der Waals surface area contributed by atoms with Crippen LogP contribution < -0.4 is 5.32 Å². The molecule has 100 valence electrons. The van der Waals surface area contributed by atoms with Crippen LogP contribution in [0.5, 0.6) is 0 Å². The zero-order valence-corrected chi connectivity index (χ0v) is 10.1. The van der Waals surface area contributed by atoms with Gasteiger partial charge in [-0.1, -0.05) is 0 Å². The largest absolute Gasteiger partial charge is 0.416 e. The molecule has 2 rings (SSSR count). The molecule has 1 fully saturated rings. The Hall–Kier alpha value is -1.31. The monoisotopic (exact) mass is 280 g/mol. The first-order valence-electron chi connectivity index (χ1n) is 5.26. The lowest BCUT2D eigenvalue weighted by Crippen LogP contribution is -2.21. The van der Waals surface area contributed by atoms with E-state index in [-0.39, 0.29) is 23.4 Å². The van der Waals surface area contributed by atoms with Gasteiger partial charge >= 0.3 is 6.18 Å². The minimum absolute atomic E-state index is 0.0481. The first kappa shape index (κ1) is 13.1. The number of rotatable bonds is 2. The van der Waals surface area contributed by atoms with Gasteiger partial charge in [-0.05, 0) is 18.6 Å². The molecule has 1 N–H and O–H groups in total. The highest BCUT2D eigenvalue weighted by atomic mass is 32.2. The van der Waals surface area contributed by atoms with Crippen LogP contribution in [0, 0.1) is 0 Å². The van der Waals surface area contributed by atoms with Crippen LogP contribution in [0.25, 0.3) is 0 Å². The van der Waals surface area contributed by atoms with Crippen molar-refractivity contribution in [3.8, 4) is 0 Å². The molecule has 1 aromatic heterocycles. The van der Waals surface area contributed by atoms with Crippen molar-refractivity contribution in [2.45, 2.75) is 18.6 Å². The van der Waals surface area contributed by atoms with Gasteiger partial charge < -0.3 is 5.32 Å². The molecule has 1 saturated heterocycles. The fourth-order valence-electron chi connectivity index (χ4n) is 1.80. The van der Waals surface area contributed by atoms with Gasteiger partial charge in [0.05, 0.1) is 17.1 Å². The van der Waals surface area contributed by atoms with Crippen molar-refractivity contribution < 1.29 is 21.6 Å². The van der Waals surface area contributed by atoms with Crippen molar-refractivity contribution >= 4 is 15.7 Å². The second kappa shape index (κ2) is 4.42. The molecule has 1 atom stereocenters. The standard InChI is InChI=1S/C10H11F3N2O2S/c11-10(12,13)7-1-3-14-9(5-7)15-8-2-4-18(16,17)6-8/h1,3,5,8H,2,4,6H2,(H,14,15). The number of hydrogen-bond acceptors (Lipinski definition) is 4. The average Bonchev–Trinajstić information content (AvgIpc) is 2.57. The lowest BCUT2D eigenvalue weighted by Gasteiger charge is -2.13. The van der Waals surface area contributed by atoms with E-state index in [4.69, 9.17) is 0 Å². The summed E-state index contributed by atoms with van der Waals surface area (Å²) in [6, 6.07) is 1.38. The Kier molecular flexibility index (Phi) is 3.22. The SMILES string of the molecule is O=S1(=O)CCC(Nc2cc(C(F)(F)F)ccn2)C1. The third kappa shape index (κ3) is 3.12. The highest BCUT2D eigenvalue weighted by molar-refractivity contribution is 7.91. The number of pyridine rings is 1. The molecule has 0 spiro atoms. The molecule has 0 amide bonds. The molecule has 4 nitrogen and oxygen atoms in total. The maximum absolute atomic E-state index is 12.5. The molecule has 0 bridgehead atoms. The predicted molar refractivity (Wildman–Crippen MR) is 59.9 cm³/mol. The minimum atomic E-state index is -4.43. The van der Waals surface area contributed by atoms with E-state index in [1.807, 2.05) is 0 Å². The second-order valence-corrected chi connectivity index (χ2v) is 6.40. The van der Waals surface area contributed by atoms with E-state index in [0.29, 0.717) is 6.42 Å². The first-order valence-corrected chi connectivity index (χ1v) is 7.09. The Balaban J connectivity index is 2.11. The van der Waals surface area contributed by atoms with Gasteiger partial charge in [-0.2, -0.15) is 13.2 Å². The molecule has 0 radical (unpaired) electrons. The summed E-state index contributed by atoms with van der Waals surface area (Å²) in [5.74, 6) is 0.0427. The van der Waals surface area contributed by atoms with E-state index in [1.54, 1.807) is 0 Å². The second-order valence-electron chi connectivity index (χ2n) is 4.17. The lowest BCUT2D eigenvalue weighted by molar-refractivity contribution is -0.137. The Morgan fingerprint density at radius 2 is 2.11 bits per heavy atom. The number of halogens is 3. The van der Waals surface area contributed by atoms with E-state index in [2.05, 4.69) is 10.3 Å². The summed E-state index contributed by atoms with van der Waals surface area (Å²) in [5, 5.41) is 2.72. The molecule has 0 saturated carbocycles. The fraction of sp³-hybridized carbons (Fsp3) is 0.500. The Morgan fingerprint density at radius 1 is 1.39 bits per heavy atom. The van der Waals surface area contributed by atoms with E-state index >= 15 is 0 Å². The lowest BCUT2D eigenvalue weighted by atomic mass is 10.2. The van der Waals surface area contributed by atoms with Gasteiger partial charge in [-0.15, -0.1) is 0 Å². The van der Waals surface area contributed by atoms with Crippen molar-refractivity contribution in [3.05, 3.63) is 23.9 Å². The molecule has 1 aromatic rings. The number of anilines is 1. The highest BCUT2D eigenvalue weighted by Gasteiger charge is 2.32. The zero-order chi connectivity index (χ0) is 13.4. The molecule has 2 heterocycles. The summed E-state index contributed by atoms with van der Waals surface area (Å²) in [5.41, 5.74) is -0.805. The minimum Gasteiger partial charge on any atom is -0.366 e. The number of sulfone groups is 1. The number of alkyl halides is 3. The van der Waals surface area contributed by atoms with Crippen molar-refractivity contribution in [1.82, 2.24) is 4.98 Å². The smallest absolute Gasteiger partial charge is 0.366 e. The topological polar surface area (TPSA) is 59.1 Å². The van der Waals surface area contributed by atoms with Gasteiger partial charge in [0.15, 0.2) is 9.84 Å². The Labute approximate surface area is 102 Å². The molecular formula is C10H11F3N2O2S. The van der Waals surface area contributed by atoms with Crippen LogP contribution in [0.15, 0.2) is 18.3 Å². The van der Waals surface area contributed by atoms with Crippen LogP contribution in [0.3, 0.4) is 0 Å². The molecule has 0 aliphatic carbocycles. The van der Waals surface area contributed by atoms with Gasteiger partial charge in [0.25, 0.3) is 0 Å². The summed E-state index contributed by atoms with van der Waals surface area (Å²) in [6.07, 6.45) is -2.99. The number of aromatic nitrogens is 1. The quantitative estimate of drug-likeness (QED) is 0.895. The first-order chi connectivity index (χ1) is 8.26. The van der Waals surface area contributed by atoms with Gasteiger partial charge in [0, 0.05) is 12.2 Å². The highest BCUT2D eigenvalue weighted by Crippen LogP contribution is 2.30. The van der Waals surface area contributed by atoms with Crippen LogP contribution in [0.1, 0.15) is 12.0 Å². The summed E-state index contributed by atoms with van der Waals surface area (Å²) in [7, 11) is -3.07. The van der Waals surface area contributed by atoms with Crippen LogP contribution in [-0.2, 0) is 16.0 Å². The number of nitrogens with one attached hydrogen (secondary N) is 1. The number of hydrogen-bond donors (Lipinski definition) is 1. The van der Waals surface area contributed by atoms with E-state index in [1.165, 1.54) is 0 Å². The summed E-state index contributed by atoms with van der Waals surface area (Å²) >= 11 is 0. The van der Waals surface area contributed by atoms with Crippen molar-refractivity contribution in [2.24, 2.45) is 0 Å². The predicted octanol–water partition coefficient (Wildman–Crippen LogP) is 1.70. The van der Waals surface area contributed by atoms with E-state index in [0.717, 1.165) is 18.3 Å². The van der Waals surface area contributed by atoms with Crippen LogP contribution >= 0.6 is 0 Å². The van der Waals surface area contributed by atoms with E-state index in [9.17, 15) is 21.6 Å². The van der Waals surface area contributed by atoms with Crippen molar-refractivity contribution in [3.63, 3.8) is 0 Å². The molecule has 1 unspecified atom stereocenters. The summed E-state index contributed by atoms with van der Waals surface area (Å²) < 4.78 is 59.8. The molecular weight excluding hydrogens is 269 g/mol. The Morgan fingerprint density at radius 3 is 2.67 bits per heavy atom. The molecule has 8 heteroatoms. The van der Waals surface area contributed by atoms with Crippen LogP contribution in [0.4, 0.5) is 19.0 Å². The van der Waals surface area contributed by atoms with Gasteiger partial charge in [-0.3, -0.25) is 0 Å².